The van der Waals surface area contributed by atoms with Gasteiger partial charge in [-0.05, 0) is 25.2 Å². The van der Waals surface area contributed by atoms with Crippen LogP contribution in [-0.4, -0.2) is 18.6 Å². The van der Waals surface area contributed by atoms with E-state index in [4.69, 9.17) is 5.73 Å². The highest BCUT2D eigenvalue weighted by molar-refractivity contribution is 4.87. The van der Waals surface area contributed by atoms with Gasteiger partial charge in [0.15, 0.2) is 0 Å². The fourth-order valence-electron chi connectivity index (χ4n) is 1.48. The lowest BCUT2D eigenvalue weighted by Gasteiger charge is -2.28. The normalized spacial score (nSPS) is 38.2. The molecule has 2 heteroatoms. The molecule has 0 amide bonds. The van der Waals surface area contributed by atoms with E-state index >= 15 is 0 Å². The summed E-state index contributed by atoms with van der Waals surface area (Å²) in [5.41, 5.74) is 6.33. The van der Waals surface area contributed by atoms with E-state index in [1.165, 1.54) is 12.8 Å². The summed E-state index contributed by atoms with van der Waals surface area (Å²) in [5, 5.41) is 3.42. The van der Waals surface area contributed by atoms with E-state index in [0.29, 0.717) is 17.5 Å². The summed E-state index contributed by atoms with van der Waals surface area (Å²) in [6.45, 7) is 7.72. The molecule has 2 unspecified atom stereocenters. The number of hydrogen-bond donors (Lipinski definition) is 2. The molecule has 0 saturated carbocycles. The van der Waals surface area contributed by atoms with Crippen LogP contribution in [0.1, 0.15) is 33.6 Å². The average Bonchev–Trinajstić information content (AvgIpc) is 2.03. The summed E-state index contributed by atoms with van der Waals surface area (Å²) in [7, 11) is 0. The van der Waals surface area contributed by atoms with Crippen molar-refractivity contribution in [2.45, 2.75) is 45.7 Å². The van der Waals surface area contributed by atoms with Crippen molar-refractivity contribution in [2.24, 2.45) is 11.1 Å². The van der Waals surface area contributed by atoms with Crippen LogP contribution in [0.5, 0.6) is 0 Å². The zero-order chi connectivity index (χ0) is 8.48. The summed E-state index contributed by atoms with van der Waals surface area (Å²) in [4.78, 5) is 0. The Kier molecular flexibility index (Phi) is 2.55. The molecule has 2 nitrogen and oxygen atoms in total. The number of nitrogens with one attached hydrogen (secondary N) is 1. The molecule has 1 saturated heterocycles. The quantitative estimate of drug-likeness (QED) is 0.551. The first kappa shape index (κ1) is 9.01. The molecular weight excluding hydrogens is 136 g/mol. The molecule has 1 aliphatic heterocycles. The lowest BCUT2D eigenvalue weighted by atomic mass is 9.81. The first-order chi connectivity index (χ1) is 5.02. The molecule has 1 rings (SSSR count). The SMILES string of the molecule is CC1CCC(C)(C)C(N)CN1. The van der Waals surface area contributed by atoms with E-state index < -0.39 is 0 Å². The van der Waals surface area contributed by atoms with Crippen LogP contribution >= 0.6 is 0 Å². The van der Waals surface area contributed by atoms with E-state index in [1.807, 2.05) is 0 Å². The fourth-order valence-corrected chi connectivity index (χ4v) is 1.48. The van der Waals surface area contributed by atoms with Gasteiger partial charge >= 0.3 is 0 Å². The Morgan fingerprint density at radius 2 is 2.09 bits per heavy atom. The Morgan fingerprint density at radius 3 is 2.73 bits per heavy atom. The molecule has 0 aromatic carbocycles. The molecule has 0 radical (unpaired) electrons. The van der Waals surface area contributed by atoms with Gasteiger partial charge in [-0.3, -0.25) is 0 Å². The lowest BCUT2D eigenvalue weighted by Crippen LogP contribution is -2.43. The largest absolute Gasteiger partial charge is 0.326 e. The van der Waals surface area contributed by atoms with Crippen LogP contribution in [0, 0.1) is 5.41 Å². The zero-order valence-corrected chi connectivity index (χ0v) is 7.85. The standard InChI is InChI=1S/C9H20N2/c1-7-4-5-9(2,3)8(10)6-11-7/h7-8,11H,4-6,10H2,1-3H3. The minimum atomic E-state index is 0.312. The third-order valence-electron chi connectivity index (χ3n) is 2.91. The second-order valence-electron chi connectivity index (χ2n) is 4.44. The van der Waals surface area contributed by atoms with Crippen LogP contribution in [0.15, 0.2) is 0 Å². The van der Waals surface area contributed by atoms with Crippen molar-refractivity contribution in [2.75, 3.05) is 6.54 Å². The number of nitrogens with two attached hydrogens (primary N) is 1. The van der Waals surface area contributed by atoms with Gasteiger partial charge in [0, 0.05) is 18.6 Å². The maximum absolute atomic E-state index is 6.01. The Morgan fingerprint density at radius 1 is 1.45 bits per heavy atom. The maximum atomic E-state index is 6.01. The third kappa shape index (κ3) is 2.17. The van der Waals surface area contributed by atoms with Gasteiger partial charge in [0.1, 0.15) is 0 Å². The number of hydrogen-bond acceptors (Lipinski definition) is 2. The van der Waals surface area contributed by atoms with Gasteiger partial charge in [-0.2, -0.15) is 0 Å². The Bertz CT molecular complexity index is 132. The third-order valence-corrected chi connectivity index (χ3v) is 2.91. The van der Waals surface area contributed by atoms with Crippen LogP contribution in [0.25, 0.3) is 0 Å². The average molecular weight is 156 g/mol. The highest BCUT2D eigenvalue weighted by Gasteiger charge is 2.29. The minimum absolute atomic E-state index is 0.312. The Balaban J connectivity index is 2.56. The number of rotatable bonds is 0. The van der Waals surface area contributed by atoms with Crippen molar-refractivity contribution < 1.29 is 0 Å². The van der Waals surface area contributed by atoms with E-state index in [9.17, 15) is 0 Å². The Labute approximate surface area is 69.5 Å². The molecule has 1 aliphatic rings. The van der Waals surface area contributed by atoms with Crippen molar-refractivity contribution in [1.29, 1.82) is 0 Å². The lowest BCUT2D eigenvalue weighted by molar-refractivity contribution is 0.276. The molecule has 2 atom stereocenters. The van der Waals surface area contributed by atoms with E-state index in [0.717, 1.165) is 6.54 Å². The monoisotopic (exact) mass is 156 g/mol. The van der Waals surface area contributed by atoms with Gasteiger partial charge < -0.3 is 11.1 Å². The van der Waals surface area contributed by atoms with Crippen molar-refractivity contribution in [1.82, 2.24) is 5.32 Å². The zero-order valence-electron chi connectivity index (χ0n) is 7.85. The molecule has 3 N–H and O–H groups in total. The summed E-state index contributed by atoms with van der Waals surface area (Å²) >= 11 is 0. The predicted octanol–water partition coefficient (Wildman–Crippen LogP) is 1.11. The summed E-state index contributed by atoms with van der Waals surface area (Å²) < 4.78 is 0. The van der Waals surface area contributed by atoms with E-state index in [-0.39, 0.29) is 0 Å². The van der Waals surface area contributed by atoms with Crippen LogP contribution in [0.4, 0.5) is 0 Å². The molecule has 66 valence electrons. The highest BCUT2D eigenvalue weighted by Crippen LogP contribution is 2.28. The second kappa shape index (κ2) is 3.11. The molecule has 1 fully saturated rings. The molecule has 11 heavy (non-hydrogen) atoms. The van der Waals surface area contributed by atoms with Crippen molar-refractivity contribution in [3.05, 3.63) is 0 Å². The molecule has 0 aromatic heterocycles. The van der Waals surface area contributed by atoms with Gasteiger partial charge in [-0.1, -0.05) is 13.8 Å². The van der Waals surface area contributed by atoms with Gasteiger partial charge in [0.05, 0.1) is 0 Å². The second-order valence-corrected chi connectivity index (χ2v) is 4.44. The molecule has 0 aromatic rings. The first-order valence-electron chi connectivity index (χ1n) is 4.51. The van der Waals surface area contributed by atoms with Gasteiger partial charge in [0.2, 0.25) is 0 Å². The van der Waals surface area contributed by atoms with E-state index in [1.54, 1.807) is 0 Å². The fraction of sp³-hybridized carbons (Fsp3) is 1.00. The van der Waals surface area contributed by atoms with Crippen molar-refractivity contribution in [3.63, 3.8) is 0 Å². The molecule has 0 spiro atoms. The molecule has 1 heterocycles. The predicted molar refractivity (Wildman–Crippen MR) is 48.5 cm³/mol. The van der Waals surface area contributed by atoms with Crippen LogP contribution < -0.4 is 11.1 Å². The van der Waals surface area contributed by atoms with Gasteiger partial charge in [0.25, 0.3) is 0 Å². The van der Waals surface area contributed by atoms with E-state index in [2.05, 4.69) is 26.1 Å². The molecule has 0 aliphatic carbocycles. The van der Waals surface area contributed by atoms with Crippen LogP contribution in [0.3, 0.4) is 0 Å². The maximum Gasteiger partial charge on any atom is 0.0217 e. The minimum Gasteiger partial charge on any atom is -0.326 e. The van der Waals surface area contributed by atoms with Crippen molar-refractivity contribution >= 4 is 0 Å². The topological polar surface area (TPSA) is 38.0 Å². The van der Waals surface area contributed by atoms with Crippen molar-refractivity contribution in [3.8, 4) is 0 Å². The van der Waals surface area contributed by atoms with Gasteiger partial charge in [-0.15, -0.1) is 0 Å². The molecule has 0 bridgehead atoms. The summed E-state index contributed by atoms with van der Waals surface area (Å²) in [6, 6.07) is 0.954. The van der Waals surface area contributed by atoms with Crippen LogP contribution in [-0.2, 0) is 0 Å². The smallest absolute Gasteiger partial charge is 0.0217 e. The van der Waals surface area contributed by atoms with Crippen LogP contribution in [0.2, 0.25) is 0 Å². The first-order valence-corrected chi connectivity index (χ1v) is 4.51. The van der Waals surface area contributed by atoms with Gasteiger partial charge in [-0.25, -0.2) is 0 Å². The Hall–Kier alpha value is -0.0800. The molecular formula is C9H20N2. The summed E-state index contributed by atoms with van der Waals surface area (Å²) in [6.07, 6.45) is 2.49. The highest BCUT2D eigenvalue weighted by atomic mass is 14.9. The summed E-state index contributed by atoms with van der Waals surface area (Å²) in [5.74, 6) is 0.